The Labute approximate surface area is 366 Å². The van der Waals surface area contributed by atoms with Crippen molar-refractivity contribution >= 4 is 17.9 Å². The van der Waals surface area contributed by atoms with Crippen molar-refractivity contribution in [3.05, 3.63) is 24.3 Å². The molecule has 0 aromatic heterocycles. The predicted octanol–water partition coefficient (Wildman–Crippen LogP) is 16.8. The van der Waals surface area contributed by atoms with Gasteiger partial charge in [0.25, 0.3) is 0 Å². The van der Waals surface area contributed by atoms with Crippen LogP contribution in [0.15, 0.2) is 24.3 Å². The van der Waals surface area contributed by atoms with Crippen LogP contribution in [0.4, 0.5) is 0 Å². The molecule has 1 unspecified atom stereocenters. The number of unbranched alkanes of at least 4 members (excludes halogenated alkanes) is 32. The molecule has 59 heavy (non-hydrogen) atoms. The van der Waals surface area contributed by atoms with Crippen molar-refractivity contribution in [1.29, 1.82) is 0 Å². The van der Waals surface area contributed by atoms with Crippen molar-refractivity contribution in [2.24, 2.45) is 0 Å². The maximum absolute atomic E-state index is 12.7. The molecule has 0 spiro atoms. The first kappa shape index (κ1) is 56.9. The zero-order chi connectivity index (χ0) is 43.0. The van der Waals surface area contributed by atoms with E-state index in [0.29, 0.717) is 19.3 Å². The van der Waals surface area contributed by atoms with E-state index in [4.69, 9.17) is 14.2 Å². The summed E-state index contributed by atoms with van der Waals surface area (Å²) >= 11 is 0. The van der Waals surface area contributed by atoms with Gasteiger partial charge < -0.3 is 14.2 Å². The maximum Gasteiger partial charge on any atom is 0.306 e. The molecule has 0 saturated heterocycles. The summed E-state index contributed by atoms with van der Waals surface area (Å²) in [4.78, 5) is 37.8. The topological polar surface area (TPSA) is 78.9 Å². The normalized spacial score (nSPS) is 12.1. The van der Waals surface area contributed by atoms with Gasteiger partial charge in [-0.15, -0.1) is 0 Å². The molecule has 0 heterocycles. The van der Waals surface area contributed by atoms with Gasteiger partial charge in [-0.3, -0.25) is 14.4 Å². The quantitative estimate of drug-likeness (QED) is 0.0263. The first-order valence-electron chi connectivity index (χ1n) is 25.8. The van der Waals surface area contributed by atoms with E-state index in [9.17, 15) is 14.4 Å². The standard InChI is InChI=1S/C53H98O6/c1-4-7-10-13-16-19-22-24-25-26-27-28-29-30-32-34-37-40-43-46-52(55)58-49-50(48-57-51(54)45-42-39-36-33-21-18-15-12-9-6-3)59-53(56)47-44-41-38-35-31-23-20-17-14-11-8-5-2/h15,17-18,20,50H,4-14,16,19,21-49H2,1-3H3/b18-15-,20-17-. The highest BCUT2D eigenvalue weighted by Gasteiger charge is 2.19. The van der Waals surface area contributed by atoms with Crippen LogP contribution in [-0.2, 0) is 28.6 Å². The van der Waals surface area contributed by atoms with Gasteiger partial charge in [0.15, 0.2) is 6.10 Å². The van der Waals surface area contributed by atoms with Gasteiger partial charge in [0.2, 0.25) is 0 Å². The Kier molecular flexibility index (Phi) is 46.8. The first-order chi connectivity index (χ1) is 29.0. The maximum atomic E-state index is 12.7. The van der Waals surface area contributed by atoms with Gasteiger partial charge in [-0.25, -0.2) is 0 Å². The fourth-order valence-corrected chi connectivity index (χ4v) is 7.48. The highest BCUT2D eigenvalue weighted by Crippen LogP contribution is 2.16. The lowest BCUT2D eigenvalue weighted by Gasteiger charge is -2.18. The summed E-state index contributed by atoms with van der Waals surface area (Å²) in [5.41, 5.74) is 0. The molecule has 6 nitrogen and oxygen atoms in total. The number of hydrogen-bond acceptors (Lipinski definition) is 6. The Morgan fingerprint density at radius 1 is 0.322 bits per heavy atom. The van der Waals surface area contributed by atoms with E-state index in [2.05, 4.69) is 45.1 Å². The van der Waals surface area contributed by atoms with Crippen molar-refractivity contribution in [2.45, 2.75) is 284 Å². The lowest BCUT2D eigenvalue weighted by Crippen LogP contribution is -2.30. The second-order valence-corrected chi connectivity index (χ2v) is 17.4. The van der Waals surface area contributed by atoms with Crippen LogP contribution in [0.3, 0.4) is 0 Å². The highest BCUT2D eigenvalue weighted by atomic mass is 16.6. The SMILES string of the molecule is CCCC/C=C\CCCCCCC(=O)OCC(COC(=O)CCCCCCCCCCCCCCCCCCCCC)OC(=O)CCCCCCC/C=C\CCCCC. The van der Waals surface area contributed by atoms with Crippen LogP contribution in [0.2, 0.25) is 0 Å². The third kappa shape index (κ3) is 46.8. The largest absolute Gasteiger partial charge is 0.462 e. The monoisotopic (exact) mass is 831 g/mol. The molecule has 0 fully saturated rings. The van der Waals surface area contributed by atoms with Gasteiger partial charge in [0.1, 0.15) is 13.2 Å². The van der Waals surface area contributed by atoms with Crippen molar-refractivity contribution in [3.63, 3.8) is 0 Å². The molecule has 1 atom stereocenters. The molecule has 0 aliphatic carbocycles. The Hall–Kier alpha value is -2.11. The van der Waals surface area contributed by atoms with Gasteiger partial charge in [-0.1, -0.05) is 218 Å². The molecule has 0 aliphatic heterocycles. The van der Waals surface area contributed by atoms with Crippen LogP contribution in [0, 0.1) is 0 Å². The number of carbonyl (C=O) groups is 3. The van der Waals surface area contributed by atoms with E-state index >= 15 is 0 Å². The van der Waals surface area contributed by atoms with Crippen LogP contribution in [0.5, 0.6) is 0 Å². The third-order valence-corrected chi connectivity index (χ3v) is 11.4. The molecule has 0 aromatic rings. The van der Waals surface area contributed by atoms with Gasteiger partial charge in [-0.05, 0) is 64.2 Å². The highest BCUT2D eigenvalue weighted by molar-refractivity contribution is 5.71. The molecule has 0 aliphatic rings. The number of hydrogen-bond donors (Lipinski definition) is 0. The Bertz CT molecular complexity index is 958. The molecule has 6 heteroatoms. The smallest absolute Gasteiger partial charge is 0.306 e. The number of ether oxygens (including phenoxy) is 3. The molecule has 346 valence electrons. The average molecular weight is 831 g/mol. The minimum absolute atomic E-state index is 0.0747. The molecule has 0 radical (unpaired) electrons. The fourth-order valence-electron chi connectivity index (χ4n) is 7.48. The van der Waals surface area contributed by atoms with Crippen molar-refractivity contribution in [3.8, 4) is 0 Å². The average Bonchev–Trinajstić information content (AvgIpc) is 3.23. The summed E-state index contributed by atoms with van der Waals surface area (Å²) in [5.74, 6) is -0.887. The van der Waals surface area contributed by atoms with E-state index in [1.54, 1.807) is 0 Å². The molecule has 0 N–H and O–H groups in total. The van der Waals surface area contributed by atoms with E-state index in [1.165, 1.54) is 154 Å². The zero-order valence-electron chi connectivity index (χ0n) is 39.5. The predicted molar refractivity (Wildman–Crippen MR) is 252 cm³/mol. The number of rotatable bonds is 47. The van der Waals surface area contributed by atoms with E-state index in [0.717, 1.165) is 83.5 Å². The number of allylic oxidation sites excluding steroid dienone is 4. The van der Waals surface area contributed by atoms with Gasteiger partial charge in [-0.2, -0.15) is 0 Å². The van der Waals surface area contributed by atoms with Crippen LogP contribution in [0.1, 0.15) is 278 Å². The van der Waals surface area contributed by atoms with Gasteiger partial charge >= 0.3 is 17.9 Å². The summed E-state index contributed by atoms with van der Waals surface area (Å²) < 4.78 is 16.7. The van der Waals surface area contributed by atoms with Gasteiger partial charge in [0, 0.05) is 19.3 Å². The van der Waals surface area contributed by atoms with E-state index < -0.39 is 6.10 Å². The fraction of sp³-hybridized carbons (Fsp3) is 0.868. The van der Waals surface area contributed by atoms with Crippen LogP contribution in [-0.4, -0.2) is 37.2 Å². The lowest BCUT2D eigenvalue weighted by molar-refractivity contribution is -0.167. The third-order valence-electron chi connectivity index (χ3n) is 11.4. The molecule has 0 amide bonds. The Balaban J connectivity index is 4.26. The summed E-state index contributed by atoms with van der Waals surface area (Å²) in [6.45, 7) is 6.58. The van der Waals surface area contributed by atoms with E-state index in [1.807, 2.05) is 0 Å². The van der Waals surface area contributed by atoms with Crippen LogP contribution >= 0.6 is 0 Å². The molecule has 0 bridgehead atoms. The summed E-state index contributed by atoms with van der Waals surface area (Å²) in [5, 5.41) is 0. The molecule has 0 saturated carbocycles. The molecular formula is C53H98O6. The van der Waals surface area contributed by atoms with E-state index in [-0.39, 0.29) is 31.1 Å². The summed E-state index contributed by atoms with van der Waals surface area (Å²) in [6, 6.07) is 0. The number of carbonyl (C=O) groups excluding carboxylic acids is 3. The lowest BCUT2D eigenvalue weighted by atomic mass is 10.0. The van der Waals surface area contributed by atoms with Crippen molar-refractivity contribution in [1.82, 2.24) is 0 Å². The molecular weight excluding hydrogens is 733 g/mol. The number of esters is 3. The second-order valence-electron chi connectivity index (χ2n) is 17.4. The molecule has 0 rings (SSSR count). The van der Waals surface area contributed by atoms with Gasteiger partial charge in [0.05, 0.1) is 0 Å². The Morgan fingerprint density at radius 2 is 0.576 bits per heavy atom. The summed E-state index contributed by atoms with van der Waals surface area (Å²) in [6.07, 6.45) is 54.6. The minimum atomic E-state index is -0.774. The second kappa shape index (κ2) is 48.6. The van der Waals surface area contributed by atoms with Crippen LogP contribution in [0.25, 0.3) is 0 Å². The molecule has 0 aromatic carbocycles. The van der Waals surface area contributed by atoms with Crippen molar-refractivity contribution < 1.29 is 28.6 Å². The first-order valence-corrected chi connectivity index (χ1v) is 25.8. The van der Waals surface area contributed by atoms with Crippen LogP contribution < -0.4 is 0 Å². The Morgan fingerprint density at radius 3 is 0.932 bits per heavy atom. The summed E-state index contributed by atoms with van der Waals surface area (Å²) in [7, 11) is 0. The van der Waals surface area contributed by atoms with Crippen molar-refractivity contribution in [2.75, 3.05) is 13.2 Å². The minimum Gasteiger partial charge on any atom is -0.462 e. The zero-order valence-corrected chi connectivity index (χ0v) is 39.5.